The second-order valence-corrected chi connectivity index (χ2v) is 5.29. The molecule has 5 nitrogen and oxygen atoms in total. The van der Waals surface area contributed by atoms with Crippen LogP contribution in [-0.4, -0.2) is 42.6 Å². The van der Waals surface area contributed by atoms with E-state index in [0.29, 0.717) is 12.1 Å². The molecule has 1 unspecified atom stereocenters. The zero-order valence-electron chi connectivity index (χ0n) is 11.3. The predicted octanol–water partition coefficient (Wildman–Crippen LogP) is 1.40. The SMILES string of the molecule is NC(=O)c1ccc(NCC(O)CCl)cc1N1CCCC1. The van der Waals surface area contributed by atoms with Crippen molar-refractivity contribution < 1.29 is 9.90 Å². The van der Waals surface area contributed by atoms with Crippen LogP contribution in [0.1, 0.15) is 23.2 Å². The van der Waals surface area contributed by atoms with Gasteiger partial charge in [0.15, 0.2) is 0 Å². The number of aliphatic hydroxyl groups excluding tert-OH is 1. The number of rotatable bonds is 6. The molecule has 1 aromatic carbocycles. The molecule has 1 fully saturated rings. The topological polar surface area (TPSA) is 78.6 Å². The van der Waals surface area contributed by atoms with Crippen LogP contribution >= 0.6 is 11.6 Å². The van der Waals surface area contributed by atoms with E-state index in [0.717, 1.165) is 37.3 Å². The van der Waals surface area contributed by atoms with Gasteiger partial charge in [0.2, 0.25) is 0 Å². The Kier molecular flexibility index (Phi) is 5.09. The number of nitrogens with one attached hydrogen (secondary N) is 1. The molecule has 1 amide bonds. The van der Waals surface area contributed by atoms with E-state index < -0.39 is 12.0 Å². The number of aliphatic hydroxyl groups is 1. The molecule has 0 aromatic heterocycles. The van der Waals surface area contributed by atoms with Gasteiger partial charge < -0.3 is 21.1 Å². The van der Waals surface area contributed by atoms with Crippen molar-refractivity contribution in [3.8, 4) is 0 Å². The van der Waals surface area contributed by atoms with Crippen LogP contribution in [0.25, 0.3) is 0 Å². The quantitative estimate of drug-likeness (QED) is 0.694. The summed E-state index contributed by atoms with van der Waals surface area (Å²) in [5.41, 5.74) is 7.68. The summed E-state index contributed by atoms with van der Waals surface area (Å²) in [5, 5.41) is 12.6. The number of carbonyl (C=O) groups excluding carboxylic acids is 1. The Balaban J connectivity index is 2.19. The lowest BCUT2D eigenvalue weighted by molar-refractivity contribution is 0.100. The van der Waals surface area contributed by atoms with Crippen LogP contribution in [0, 0.1) is 0 Å². The molecule has 1 aliphatic rings. The van der Waals surface area contributed by atoms with E-state index in [1.54, 1.807) is 12.1 Å². The average molecular weight is 298 g/mol. The van der Waals surface area contributed by atoms with Crippen molar-refractivity contribution in [2.75, 3.05) is 35.7 Å². The number of anilines is 2. The summed E-state index contributed by atoms with van der Waals surface area (Å²) < 4.78 is 0. The fraction of sp³-hybridized carbons (Fsp3) is 0.500. The molecule has 110 valence electrons. The third kappa shape index (κ3) is 3.55. The molecule has 0 radical (unpaired) electrons. The van der Waals surface area contributed by atoms with E-state index >= 15 is 0 Å². The second kappa shape index (κ2) is 6.81. The number of hydrogen-bond donors (Lipinski definition) is 3. The second-order valence-electron chi connectivity index (χ2n) is 4.98. The van der Waals surface area contributed by atoms with E-state index in [4.69, 9.17) is 17.3 Å². The van der Waals surface area contributed by atoms with Gasteiger partial charge in [0.25, 0.3) is 5.91 Å². The van der Waals surface area contributed by atoms with Gasteiger partial charge in [0, 0.05) is 25.3 Å². The number of amides is 1. The molecule has 1 atom stereocenters. The first-order chi connectivity index (χ1) is 9.61. The summed E-state index contributed by atoms with van der Waals surface area (Å²) in [5.74, 6) is -0.232. The van der Waals surface area contributed by atoms with E-state index in [2.05, 4.69) is 10.2 Å². The number of nitrogens with two attached hydrogens (primary N) is 1. The minimum atomic E-state index is -0.595. The van der Waals surface area contributed by atoms with Crippen molar-refractivity contribution in [2.24, 2.45) is 5.73 Å². The predicted molar refractivity (Wildman–Crippen MR) is 81.6 cm³/mol. The summed E-state index contributed by atoms with van der Waals surface area (Å²) in [7, 11) is 0. The van der Waals surface area contributed by atoms with Crippen LogP contribution in [0.15, 0.2) is 18.2 Å². The summed E-state index contributed by atoms with van der Waals surface area (Å²) in [6.45, 7) is 2.25. The highest BCUT2D eigenvalue weighted by molar-refractivity contribution is 6.18. The molecule has 2 rings (SSSR count). The van der Waals surface area contributed by atoms with E-state index in [9.17, 15) is 9.90 Å². The standard InChI is InChI=1S/C14H20ClN3O2/c15-8-11(19)9-17-10-3-4-12(14(16)20)13(7-10)18-5-1-2-6-18/h3-4,7,11,17,19H,1-2,5-6,8-9H2,(H2,16,20). The molecular weight excluding hydrogens is 278 g/mol. The molecule has 1 aliphatic heterocycles. The third-order valence-electron chi connectivity index (χ3n) is 3.43. The van der Waals surface area contributed by atoms with Gasteiger partial charge in [-0.15, -0.1) is 11.6 Å². The number of halogens is 1. The van der Waals surface area contributed by atoms with Crippen molar-refractivity contribution in [1.29, 1.82) is 0 Å². The Morgan fingerprint density at radius 3 is 2.75 bits per heavy atom. The van der Waals surface area contributed by atoms with Crippen molar-refractivity contribution in [2.45, 2.75) is 18.9 Å². The Morgan fingerprint density at radius 1 is 1.45 bits per heavy atom. The van der Waals surface area contributed by atoms with Gasteiger partial charge >= 0.3 is 0 Å². The van der Waals surface area contributed by atoms with Crippen molar-refractivity contribution in [1.82, 2.24) is 0 Å². The third-order valence-corrected chi connectivity index (χ3v) is 3.79. The molecule has 1 aromatic rings. The normalized spacial score (nSPS) is 16.2. The lowest BCUT2D eigenvalue weighted by Gasteiger charge is -2.21. The zero-order chi connectivity index (χ0) is 14.5. The number of hydrogen-bond acceptors (Lipinski definition) is 4. The summed E-state index contributed by atoms with van der Waals surface area (Å²) in [4.78, 5) is 13.7. The highest BCUT2D eigenvalue weighted by Crippen LogP contribution is 2.27. The highest BCUT2D eigenvalue weighted by Gasteiger charge is 2.18. The molecule has 1 heterocycles. The van der Waals surface area contributed by atoms with Crippen molar-refractivity contribution >= 4 is 28.9 Å². The van der Waals surface area contributed by atoms with E-state index in [-0.39, 0.29) is 5.88 Å². The van der Waals surface area contributed by atoms with Crippen LogP contribution in [0.2, 0.25) is 0 Å². The zero-order valence-corrected chi connectivity index (χ0v) is 12.1. The summed E-state index contributed by atoms with van der Waals surface area (Å²) in [6.07, 6.45) is 1.66. The highest BCUT2D eigenvalue weighted by atomic mass is 35.5. The lowest BCUT2D eigenvalue weighted by Crippen LogP contribution is -2.24. The van der Waals surface area contributed by atoms with Gasteiger partial charge in [-0.2, -0.15) is 0 Å². The fourth-order valence-electron chi connectivity index (χ4n) is 2.36. The number of benzene rings is 1. The van der Waals surface area contributed by atoms with Gasteiger partial charge in [-0.3, -0.25) is 4.79 Å². The van der Waals surface area contributed by atoms with Crippen LogP contribution in [0.5, 0.6) is 0 Å². The minimum Gasteiger partial charge on any atom is -0.390 e. The van der Waals surface area contributed by atoms with Crippen LogP contribution < -0.4 is 16.0 Å². The average Bonchev–Trinajstić information content (AvgIpc) is 2.98. The van der Waals surface area contributed by atoms with E-state index in [1.807, 2.05) is 6.07 Å². The summed E-state index contributed by atoms with van der Waals surface area (Å²) in [6, 6.07) is 5.43. The molecule has 1 saturated heterocycles. The van der Waals surface area contributed by atoms with Gasteiger partial charge in [-0.05, 0) is 31.0 Å². The maximum Gasteiger partial charge on any atom is 0.250 e. The van der Waals surface area contributed by atoms with Gasteiger partial charge in [-0.1, -0.05) is 0 Å². The van der Waals surface area contributed by atoms with Crippen molar-refractivity contribution in [3.63, 3.8) is 0 Å². The molecule has 20 heavy (non-hydrogen) atoms. The number of carbonyl (C=O) groups is 1. The van der Waals surface area contributed by atoms with Gasteiger partial charge in [-0.25, -0.2) is 0 Å². The first-order valence-corrected chi connectivity index (χ1v) is 7.32. The number of alkyl halides is 1. The van der Waals surface area contributed by atoms with Gasteiger partial charge in [0.05, 0.1) is 23.2 Å². The Morgan fingerprint density at radius 2 is 2.15 bits per heavy atom. The van der Waals surface area contributed by atoms with E-state index in [1.165, 1.54) is 0 Å². The van der Waals surface area contributed by atoms with Crippen molar-refractivity contribution in [3.05, 3.63) is 23.8 Å². The van der Waals surface area contributed by atoms with Crippen LogP contribution in [0.3, 0.4) is 0 Å². The van der Waals surface area contributed by atoms with Crippen LogP contribution in [-0.2, 0) is 0 Å². The molecular formula is C14H20ClN3O2. The maximum absolute atomic E-state index is 11.5. The molecule has 0 spiro atoms. The first kappa shape index (κ1) is 14.9. The molecule has 4 N–H and O–H groups in total. The molecule has 0 bridgehead atoms. The summed E-state index contributed by atoms with van der Waals surface area (Å²) >= 11 is 5.56. The smallest absolute Gasteiger partial charge is 0.250 e. The molecule has 0 aliphatic carbocycles. The fourth-order valence-corrected chi connectivity index (χ4v) is 2.47. The molecule has 6 heteroatoms. The monoisotopic (exact) mass is 297 g/mol. The number of nitrogens with zero attached hydrogens (tertiary/aromatic N) is 1. The van der Waals surface area contributed by atoms with Gasteiger partial charge in [0.1, 0.15) is 0 Å². The lowest BCUT2D eigenvalue weighted by atomic mass is 10.1. The molecule has 0 saturated carbocycles. The number of primary amides is 1. The maximum atomic E-state index is 11.5. The van der Waals surface area contributed by atoms with Crippen LogP contribution in [0.4, 0.5) is 11.4 Å². The Hall–Kier alpha value is -1.46. The first-order valence-electron chi connectivity index (χ1n) is 6.78. The Bertz CT molecular complexity index is 475. The Labute approximate surface area is 123 Å². The minimum absolute atomic E-state index is 0.186. The largest absolute Gasteiger partial charge is 0.390 e.